The van der Waals surface area contributed by atoms with E-state index in [0.29, 0.717) is 25.8 Å². The fourth-order valence-electron chi connectivity index (χ4n) is 3.88. The fraction of sp³-hybridized carbons (Fsp3) is 0.500. The average molecular weight is 744 g/mol. The Morgan fingerprint density at radius 1 is 0.750 bits per heavy atom. The van der Waals surface area contributed by atoms with E-state index >= 15 is 0 Å². The minimum absolute atomic E-state index is 0.0456. The van der Waals surface area contributed by atoms with Crippen molar-refractivity contribution in [3.05, 3.63) is 65.3 Å². The van der Waals surface area contributed by atoms with Crippen LogP contribution in [0.2, 0.25) is 0 Å². The molecule has 2 rings (SSSR count). The number of hydrogen-bond acceptors (Lipinski definition) is 9. The van der Waals surface area contributed by atoms with Crippen molar-refractivity contribution in [1.82, 2.24) is 0 Å². The summed E-state index contributed by atoms with van der Waals surface area (Å²) < 4.78 is 116. The molecule has 2 aromatic rings. The van der Waals surface area contributed by atoms with Crippen molar-refractivity contribution in [2.24, 2.45) is 0 Å². The molecule has 0 bridgehead atoms. The van der Waals surface area contributed by atoms with Gasteiger partial charge in [0.2, 0.25) is 0 Å². The number of aryl methyl sites for hydroxylation is 5. The molecule has 2 aromatic carbocycles. The zero-order chi connectivity index (χ0) is 30.5. The minimum atomic E-state index is -5.95. The van der Waals surface area contributed by atoms with E-state index in [-0.39, 0.29) is 28.7 Å². The van der Waals surface area contributed by atoms with E-state index in [1.165, 1.54) is 28.4 Å². The van der Waals surface area contributed by atoms with Crippen LogP contribution in [0.15, 0.2) is 30.3 Å². The molecule has 0 aromatic heterocycles. The Balaban J connectivity index is 2.76. The van der Waals surface area contributed by atoms with Gasteiger partial charge in [0.25, 0.3) is 0 Å². The summed E-state index contributed by atoms with van der Waals surface area (Å²) in [6, 6.07) is 8.32. The average Bonchev–Trinajstić information content (AvgIpc) is 2.88. The van der Waals surface area contributed by atoms with Crippen molar-refractivity contribution in [1.29, 1.82) is 0 Å². The van der Waals surface area contributed by atoms with Gasteiger partial charge < -0.3 is 0 Å². The van der Waals surface area contributed by atoms with E-state index < -0.39 is 51.1 Å². The van der Waals surface area contributed by atoms with E-state index in [0.717, 1.165) is 5.56 Å². The van der Waals surface area contributed by atoms with Gasteiger partial charge in [-0.3, -0.25) is 0 Å². The monoisotopic (exact) mass is 744 g/mol. The van der Waals surface area contributed by atoms with Crippen molar-refractivity contribution < 1.29 is 51.3 Å². The summed E-state index contributed by atoms with van der Waals surface area (Å²) in [5.41, 5.74) is -2.51. The fourth-order valence-corrected chi connectivity index (χ4v) is 13.4. The molecule has 0 heterocycles. The third-order valence-corrected chi connectivity index (χ3v) is 17.4. The summed E-state index contributed by atoms with van der Waals surface area (Å²) in [5.74, 6) is 0. The Labute approximate surface area is 241 Å². The van der Waals surface area contributed by atoms with Gasteiger partial charge in [-0.05, 0) is 0 Å². The van der Waals surface area contributed by atoms with Gasteiger partial charge in [-0.2, -0.15) is 0 Å². The van der Waals surface area contributed by atoms with Gasteiger partial charge >= 0.3 is 242 Å². The van der Waals surface area contributed by atoms with Crippen LogP contribution in [0.1, 0.15) is 27.8 Å². The van der Waals surface area contributed by atoms with Gasteiger partial charge in [-0.15, -0.1) is 0 Å². The van der Waals surface area contributed by atoms with Crippen LogP contribution in [0.25, 0.3) is 0 Å². The molecule has 0 amide bonds. The standard InChI is InChI=1S/C24H34F3IO9P2S/c1-17-12-18(2)23(19(3)13-17)28(37-40(31,32)24(25,26)27)22-15-20(8-10-38(29,33-4)34-5)14-21(16-22)9-11-39(30,35-6)36-7/h12-16H,8-11H2,1-7H3. The normalized spacial score (nSPS) is 13.5. The van der Waals surface area contributed by atoms with Gasteiger partial charge in [0.15, 0.2) is 0 Å². The van der Waals surface area contributed by atoms with Crippen molar-refractivity contribution in [2.45, 2.75) is 39.1 Å². The first-order valence-electron chi connectivity index (χ1n) is 11.8. The molecule has 0 N–H and O–H groups in total. The van der Waals surface area contributed by atoms with Crippen LogP contribution in [-0.2, 0) is 52.7 Å². The van der Waals surface area contributed by atoms with Crippen molar-refractivity contribution in [3.63, 3.8) is 0 Å². The zero-order valence-corrected chi connectivity index (χ0v) is 28.0. The summed E-state index contributed by atoms with van der Waals surface area (Å²) in [4.78, 5) is 0. The van der Waals surface area contributed by atoms with Crippen molar-refractivity contribution >= 4 is 45.5 Å². The van der Waals surface area contributed by atoms with E-state index in [9.17, 15) is 30.7 Å². The molecule has 0 unspecified atom stereocenters. The number of alkyl halides is 3. The molecule has 228 valence electrons. The van der Waals surface area contributed by atoms with Crippen LogP contribution < -0.4 is 0 Å². The van der Waals surface area contributed by atoms with E-state index in [4.69, 9.17) is 20.6 Å². The second-order valence-electron chi connectivity index (χ2n) is 8.79. The maximum atomic E-state index is 13.5. The summed E-state index contributed by atoms with van der Waals surface area (Å²) >= 11 is -3.81. The molecule has 0 aliphatic heterocycles. The SMILES string of the molecule is COP(=O)(CCc1cc(CCP(=O)(OC)OC)cc(I(OS(=O)(=O)C(F)(F)F)c2c(C)cc(C)cc2C)c1)OC. The first-order chi connectivity index (χ1) is 18.4. The van der Waals surface area contributed by atoms with Crippen molar-refractivity contribution in [2.75, 3.05) is 40.8 Å². The molecule has 0 saturated carbocycles. The Kier molecular flexibility index (Phi) is 12.5. The molecule has 0 aliphatic carbocycles. The third kappa shape index (κ3) is 9.08. The third-order valence-electron chi connectivity index (χ3n) is 5.86. The van der Waals surface area contributed by atoms with Gasteiger partial charge in [-0.1, -0.05) is 0 Å². The second kappa shape index (κ2) is 14.1. The second-order valence-corrected chi connectivity index (χ2v) is 19.9. The zero-order valence-electron chi connectivity index (χ0n) is 23.2. The Morgan fingerprint density at radius 2 is 1.15 bits per heavy atom. The maximum absolute atomic E-state index is 13.5. The number of halogens is 4. The molecule has 0 atom stereocenters. The van der Waals surface area contributed by atoms with Gasteiger partial charge in [0, 0.05) is 0 Å². The molecular formula is C24H34F3IO9P2S. The number of hydrogen-bond donors (Lipinski definition) is 0. The van der Waals surface area contributed by atoms with E-state index in [2.05, 4.69) is 0 Å². The molecular weight excluding hydrogens is 710 g/mol. The van der Waals surface area contributed by atoms with Crippen LogP contribution in [0.5, 0.6) is 0 Å². The first-order valence-corrected chi connectivity index (χ1v) is 19.7. The predicted octanol–water partition coefficient (Wildman–Crippen LogP) is 7.00. The molecule has 9 nitrogen and oxygen atoms in total. The molecule has 0 radical (unpaired) electrons. The first kappa shape index (κ1) is 35.4. The van der Waals surface area contributed by atoms with Gasteiger partial charge in [0.1, 0.15) is 0 Å². The summed E-state index contributed by atoms with van der Waals surface area (Å²) in [7, 11) is -7.87. The Morgan fingerprint density at radius 3 is 1.50 bits per heavy atom. The molecule has 40 heavy (non-hydrogen) atoms. The van der Waals surface area contributed by atoms with Crippen LogP contribution in [0, 0.1) is 27.9 Å². The summed E-state index contributed by atoms with van der Waals surface area (Å²) in [6.07, 6.45) is 0.174. The number of benzene rings is 2. The van der Waals surface area contributed by atoms with Crippen LogP contribution in [-0.4, -0.2) is 54.7 Å². The molecule has 0 fully saturated rings. The van der Waals surface area contributed by atoms with E-state index in [1.807, 2.05) is 6.92 Å². The molecule has 16 heteroatoms. The van der Waals surface area contributed by atoms with Crippen molar-refractivity contribution in [3.8, 4) is 0 Å². The Hall–Kier alpha value is -0.830. The summed E-state index contributed by atoms with van der Waals surface area (Å²) in [6.45, 7) is 5.20. The summed E-state index contributed by atoms with van der Waals surface area (Å²) in [5, 5.41) is 0. The quantitative estimate of drug-likeness (QED) is 0.115. The predicted molar refractivity (Wildman–Crippen MR) is 155 cm³/mol. The molecule has 0 aliphatic rings. The van der Waals surface area contributed by atoms with Gasteiger partial charge in [-0.25, -0.2) is 0 Å². The van der Waals surface area contributed by atoms with Crippen LogP contribution >= 0.6 is 35.4 Å². The van der Waals surface area contributed by atoms with Crippen LogP contribution in [0.3, 0.4) is 0 Å². The van der Waals surface area contributed by atoms with Crippen LogP contribution in [0.4, 0.5) is 13.2 Å². The Bertz CT molecular complexity index is 1310. The van der Waals surface area contributed by atoms with Gasteiger partial charge in [0.05, 0.1) is 0 Å². The molecule has 0 spiro atoms. The topological polar surface area (TPSA) is 114 Å². The molecule has 0 saturated heterocycles. The number of rotatable bonds is 14. The van der Waals surface area contributed by atoms with E-state index in [1.54, 1.807) is 44.2 Å².